The van der Waals surface area contributed by atoms with Crippen molar-refractivity contribution in [3.63, 3.8) is 0 Å². The van der Waals surface area contributed by atoms with E-state index in [2.05, 4.69) is 10.3 Å². The number of aromatic amines is 1. The van der Waals surface area contributed by atoms with E-state index in [-0.39, 0.29) is 23.6 Å². The Hall–Kier alpha value is -1.61. The minimum Gasteiger partial charge on any atom is -0.379 e. The molecule has 2 atom stereocenters. The van der Waals surface area contributed by atoms with Gasteiger partial charge in [0.05, 0.1) is 25.0 Å². The van der Waals surface area contributed by atoms with Gasteiger partial charge in [0.2, 0.25) is 10.0 Å². The normalized spacial score (nSPS) is 21.1. The van der Waals surface area contributed by atoms with Crippen LogP contribution in [0.2, 0.25) is 5.02 Å². The van der Waals surface area contributed by atoms with Crippen LogP contribution in [0, 0.1) is 5.92 Å². The minimum atomic E-state index is -3.36. The number of hydrogen-bond donors (Lipinski definition) is 2. The summed E-state index contributed by atoms with van der Waals surface area (Å²) < 4.78 is 30.7. The van der Waals surface area contributed by atoms with Crippen LogP contribution in [0.5, 0.6) is 0 Å². The van der Waals surface area contributed by atoms with Crippen molar-refractivity contribution in [1.82, 2.24) is 14.6 Å². The lowest BCUT2D eigenvalue weighted by Gasteiger charge is -2.20. The Labute approximate surface area is 151 Å². The van der Waals surface area contributed by atoms with Crippen LogP contribution in [0.1, 0.15) is 10.5 Å². The van der Waals surface area contributed by atoms with E-state index in [1.165, 1.54) is 18.4 Å². The molecule has 0 aliphatic carbocycles. The number of rotatable bonds is 5. The Morgan fingerprint density at radius 1 is 1.40 bits per heavy atom. The van der Waals surface area contributed by atoms with Gasteiger partial charge in [-0.15, -0.1) is 0 Å². The maximum Gasteiger partial charge on any atom is 0.268 e. The van der Waals surface area contributed by atoms with E-state index >= 15 is 0 Å². The first-order valence-electron chi connectivity index (χ1n) is 7.84. The lowest BCUT2D eigenvalue weighted by Crippen LogP contribution is -2.43. The molecular formula is C16H20ClN3O4S. The van der Waals surface area contributed by atoms with Crippen LogP contribution >= 0.6 is 11.6 Å². The second kappa shape index (κ2) is 6.95. The molecule has 2 aromatic rings. The van der Waals surface area contributed by atoms with E-state index in [4.69, 9.17) is 16.3 Å². The van der Waals surface area contributed by atoms with E-state index in [1.54, 1.807) is 18.2 Å². The monoisotopic (exact) mass is 385 g/mol. The number of H-pyrrole nitrogens is 1. The third-order valence-electron chi connectivity index (χ3n) is 4.35. The number of nitrogens with zero attached hydrogens (tertiary/aromatic N) is 1. The molecule has 1 aromatic carbocycles. The third kappa shape index (κ3) is 3.82. The lowest BCUT2D eigenvalue weighted by atomic mass is 10.1. The van der Waals surface area contributed by atoms with Gasteiger partial charge in [0.15, 0.2) is 0 Å². The molecule has 2 unspecified atom stereocenters. The van der Waals surface area contributed by atoms with Crippen molar-refractivity contribution in [2.45, 2.75) is 6.04 Å². The molecule has 1 saturated heterocycles. The zero-order chi connectivity index (χ0) is 18.2. The molecule has 0 radical (unpaired) electrons. The van der Waals surface area contributed by atoms with Crippen molar-refractivity contribution in [1.29, 1.82) is 0 Å². The predicted molar refractivity (Wildman–Crippen MR) is 96.3 cm³/mol. The number of fused-ring (bicyclic) bond motifs is 1. The predicted octanol–water partition coefficient (Wildman–Crippen LogP) is 1.46. The minimum absolute atomic E-state index is 0.0660. The summed E-state index contributed by atoms with van der Waals surface area (Å²) in [5.41, 5.74) is 1.15. The highest BCUT2D eigenvalue weighted by Crippen LogP contribution is 2.24. The van der Waals surface area contributed by atoms with Crippen LogP contribution in [-0.2, 0) is 14.8 Å². The van der Waals surface area contributed by atoms with Crippen LogP contribution in [0.15, 0.2) is 24.3 Å². The standard InChI is InChI=1S/C16H20ClN3O4S/c1-20(2)25(22,23)9-10-7-24-8-15(10)19-16(21)14-6-11-12(17)4-3-5-13(11)18-14/h3-6,10,15,18H,7-9H2,1-2H3,(H,19,21). The van der Waals surface area contributed by atoms with E-state index in [1.807, 2.05) is 6.07 Å². The van der Waals surface area contributed by atoms with Gasteiger partial charge in [0, 0.05) is 35.9 Å². The number of carbonyl (C=O) groups excluding carboxylic acids is 1. The Morgan fingerprint density at radius 2 is 2.16 bits per heavy atom. The fourth-order valence-electron chi connectivity index (χ4n) is 2.83. The molecular weight excluding hydrogens is 366 g/mol. The van der Waals surface area contributed by atoms with Gasteiger partial charge in [-0.1, -0.05) is 17.7 Å². The zero-order valence-corrected chi connectivity index (χ0v) is 15.5. The molecule has 0 spiro atoms. The van der Waals surface area contributed by atoms with Crippen LogP contribution in [0.25, 0.3) is 10.9 Å². The van der Waals surface area contributed by atoms with E-state index in [9.17, 15) is 13.2 Å². The number of hydrogen-bond acceptors (Lipinski definition) is 4. The van der Waals surface area contributed by atoms with Crippen molar-refractivity contribution in [3.8, 4) is 0 Å². The quantitative estimate of drug-likeness (QED) is 0.815. The molecule has 7 nitrogen and oxygen atoms in total. The molecule has 2 heterocycles. The van der Waals surface area contributed by atoms with Crippen LogP contribution < -0.4 is 5.32 Å². The number of sulfonamides is 1. The summed E-state index contributed by atoms with van der Waals surface area (Å²) in [5.74, 6) is -0.664. The number of amides is 1. The van der Waals surface area contributed by atoms with Crippen molar-refractivity contribution in [3.05, 3.63) is 35.0 Å². The van der Waals surface area contributed by atoms with E-state index in [0.717, 1.165) is 10.9 Å². The summed E-state index contributed by atoms with van der Waals surface area (Å²) in [6, 6.07) is 6.73. The van der Waals surface area contributed by atoms with Gasteiger partial charge in [-0.3, -0.25) is 4.79 Å². The second-order valence-corrected chi connectivity index (χ2v) is 8.96. The topological polar surface area (TPSA) is 91.5 Å². The molecule has 2 N–H and O–H groups in total. The molecule has 0 bridgehead atoms. The number of benzene rings is 1. The highest BCUT2D eigenvalue weighted by atomic mass is 35.5. The smallest absolute Gasteiger partial charge is 0.268 e. The fourth-order valence-corrected chi connectivity index (χ4v) is 4.23. The van der Waals surface area contributed by atoms with Crippen LogP contribution in [-0.4, -0.2) is 62.7 Å². The first kappa shape index (κ1) is 18.2. The summed E-state index contributed by atoms with van der Waals surface area (Å²) in [4.78, 5) is 15.6. The average Bonchev–Trinajstić information content (AvgIpc) is 3.15. The molecule has 1 aliphatic heterocycles. The first-order valence-corrected chi connectivity index (χ1v) is 9.82. The van der Waals surface area contributed by atoms with Gasteiger partial charge in [-0.05, 0) is 18.2 Å². The maximum atomic E-state index is 12.5. The SMILES string of the molecule is CN(C)S(=O)(=O)CC1COCC1NC(=O)c1cc2c(Cl)cccc2[nH]1. The number of ether oxygens (including phenoxy) is 1. The largest absolute Gasteiger partial charge is 0.379 e. The molecule has 25 heavy (non-hydrogen) atoms. The Bertz CT molecular complexity index is 894. The lowest BCUT2D eigenvalue weighted by molar-refractivity contribution is 0.0922. The Kier molecular flexibility index (Phi) is 5.06. The van der Waals surface area contributed by atoms with Crippen molar-refractivity contribution >= 4 is 38.4 Å². The summed E-state index contributed by atoms with van der Waals surface area (Å²) in [5, 5.41) is 4.20. The molecule has 1 aromatic heterocycles. The van der Waals surface area contributed by atoms with Gasteiger partial charge in [-0.25, -0.2) is 12.7 Å². The fraction of sp³-hybridized carbons (Fsp3) is 0.438. The Balaban J connectivity index is 1.74. The van der Waals surface area contributed by atoms with Gasteiger partial charge in [-0.2, -0.15) is 0 Å². The van der Waals surface area contributed by atoms with Crippen molar-refractivity contribution in [2.24, 2.45) is 5.92 Å². The highest BCUT2D eigenvalue weighted by molar-refractivity contribution is 7.89. The second-order valence-electron chi connectivity index (χ2n) is 6.32. The number of carbonyl (C=O) groups is 1. The Morgan fingerprint density at radius 3 is 2.84 bits per heavy atom. The number of halogens is 1. The highest BCUT2D eigenvalue weighted by Gasteiger charge is 2.34. The van der Waals surface area contributed by atoms with Crippen LogP contribution in [0.3, 0.4) is 0 Å². The molecule has 3 rings (SSSR count). The first-order chi connectivity index (χ1) is 11.8. The van der Waals surface area contributed by atoms with Crippen LogP contribution in [0.4, 0.5) is 0 Å². The molecule has 1 aliphatic rings. The van der Waals surface area contributed by atoms with Gasteiger partial charge >= 0.3 is 0 Å². The molecule has 1 fully saturated rings. The van der Waals surface area contributed by atoms with Gasteiger partial charge in [0.25, 0.3) is 5.91 Å². The molecule has 1 amide bonds. The van der Waals surface area contributed by atoms with Crippen molar-refractivity contribution < 1.29 is 17.9 Å². The zero-order valence-electron chi connectivity index (χ0n) is 14.0. The summed E-state index contributed by atoms with van der Waals surface area (Å²) in [6.07, 6.45) is 0. The number of nitrogens with one attached hydrogen (secondary N) is 2. The van der Waals surface area contributed by atoms with Gasteiger partial charge in [0.1, 0.15) is 5.69 Å². The average molecular weight is 386 g/mol. The summed E-state index contributed by atoms with van der Waals surface area (Å²) >= 11 is 6.13. The summed E-state index contributed by atoms with van der Waals surface area (Å²) in [7, 11) is -0.378. The molecule has 0 saturated carbocycles. The molecule has 9 heteroatoms. The maximum absolute atomic E-state index is 12.5. The number of aromatic nitrogens is 1. The van der Waals surface area contributed by atoms with E-state index < -0.39 is 10.0 Å². The van der Waals surface area contributed by atoms with E-state index in [0.29, 0.717) is 23.9 Å². The van der Waals surface area contributed by atoms with Gasteiger partial charge < -0.3 is 15.0 Å². The summed E-state index contributed by atoms with van der Waals surface area (Å²) in [6.45, 7) is 0.594. The van der Waals surface area contributed by atoms with Crippen molar-refractivity contribution in [2.75, 3.05) is 33.1 Å². The molecule has 136 valence electrons. The third-order valence-corrected chi connectivity index (χ3v) is 6.64.